The topological polar surface area (TPSA) is 64.4 Å². The van der Waals surface area contributed by atoms with Gasteiger partial charge in [-0.25, -0.2) is 17.8 Å². The SMILES string of the molecule is Cn1ccnc1SCC1CCN(S(=O)(=O)c2ccc(Br)c3c2OCC3)CC1F. The van der Waals surface area contributed by atoms with Crippen LogP contribution in [0.5, 0.6) is 5.75 Å². The molecule has 2 aliphatic heterocycles. The van der Waals surface area contributed by atoms with Gasteiger partial charge in [0.2, 0.25) is 10.0 Å². The fourth-order valence-electron chi connectivity index (χ4n) is 3.58. The summed E-state index contributed by atoms with van der Waals surface area (Å²) in [4.78, 5) is 4.37. The zero-order valence-corrected chi connectivity index (χ0v) is 18.6. The highest BCUT2D eigenvalue weighted by Gasteiger charge is 2.38. The lowest BCUT2D eigenvalue weighted by Gasteiger charge is -2.34. The molecule has 2 aliphatic rings. The number of imidazole rings is 1. The average Bonchev–Trinajstić information content (AvgIpc) is 3.30. The van der Waals surface area contributed by atoms with Crippen LogP contribution in [0.15, 0.2) is 39.1 Å². The van der Waals surface area contributed by atoms with Crippen molar-refractivity contribution in [2.24, 2.45) is 13.0 Å². The zero-order chi connectivity index (χ0) is 19.9. The van der Waals surface area contributed by atoms with Crippen molar-refractivity contribution >= 4 is 37.7 Å². The smallest absolute Gasteiger partial charge is 0.246 e. The van der Waals surface area contributed by atoms with E-state index in [-0.39, 0.29) is 17.4 Å². The van der Waals surface area contributed by atoms with Gasteiger partial charge in [-0.2, -0.15) is 4.31 Å². The number of alkyl halides is 1. The number of hydrogen-bond donors (Lipinski definition) is 0. The monoisotopic (exact) mass is 489 g/mol. The third-order valence-corrected chi connectivity index (χ3v) is 9.10. The first-order valence-corrected chi connectivity index (χ1v) is 12.3. The molecular weight excluding hydrogens is 469 g/mol. The molecule has 0 aliphatic carbocycles. The minimum absolute atomic E-state index is 0.126. The number of sulfonamides is 1. The molecule has 6 nitrogen and oxygen atoms in total. The van der Waals surface area contributed by atoms with Gasteiger partial charge < -0.3 is 9.30 Å². The van der Waals surface area contributed by atoms with E-state index < -0.39 is 16.2 Å². The highest BCUT2D eigenvalue weighted by atomic mass is 79.9. The number of benzene rings is 1. The number of nitrogens with zero attached hydrogens (tertiary/aromatic N) is 3. The van der Waals surface area contributed by atoms with E-state index in [0.717, 1.165) is 15.2 Å². The van der Waals surface area contributed by atoms with Gasteiger partial charge in [0.25, 0.3) is 0 Å². The van der Waals surface area contributed by atoms with Gasteiger partial charge in [-0.15, -0.1) is 0 Å². The van der Waals surface area contributed by atoms with Crippen LogP contribution in [0.1, 0.15) is 12.0 Å². The molecule has 2 aromatic rings. The number of halogens is 2. The highest BCUT2D eigenvalue weighted by molar-refractivity contribution is 9.10. The van der Waals surface area contributed by atoms with E-state index in [2.05, 4.69) is 20.9 Å². The Morgan fingerprint density at radius 1 is 1.43 bits per heavy atom. The molecule has 0 bridgehead atoms. The van der Waals surface area contributed by atoms with E-state index in [4.69, 9.17) is 4.74 Å². The number of aryl methyl sites for hydroxylation is 1. The molecule has 3 heterocycles. The summed E-state index contributed by atoms with van der Waals surface area (Å²) < 4.78 is 50.7. The molecule has 1 aromatic heterocycles. The lowest BCUT2D eigenvalue weighted by molar-refractivity contribution is 0.146. The molecule has 2 unspecified atom stereocenters. The van der Waals surface area contributed by atoms with Crippen molar-refractivity contribution in [2.75, 3.05) is 25.4 Å². The third-order valence-electron chi connectivity index (χ3n) is 5.23. The fourth-order valence-corrected chi connectivity index (χ4v) is 6.84. The van der Waals surface area contributed by atoms with Gasteiger partial charge >= 0.3 is 0 Å². The van der Waals surface area contributed by atoms with Crippen molar-refractivity contribution in [3.8, 4) is 5.75 Å². The summed E-state index contributed by atoms with van der Waals surface area (Å²) in [5, 5.41) is 0.838. The quantitative estimate of drug-likeness (QED) is 0.603. The molecule has 4 rings (SSSR count). The largest absolute Gasteiger partial charge is 0.491 e. The standard InChI is InChI=1S/C18H21BrFN3O3S2/c1-22-8-6-21-18(22)27-11-12-4-7-23(10-15(12)20)28(24,25)16-3-2-14(19)13-5-9-26-17(13)16/h2-3,6,8,12,15H,4-5,7,9-11H2,1H3. The predicted molar refractivity (Wildman–Crippen MR) is 109 cm³/mol. The summed E-state index contributed by atoms with van der Waals surface area (Å²) in [7, 11) is -1.90. The number of thioether (sulfide) groups is 1. The third kappa shape index (κ3) is 3.71. The molecule has 1 saturated heterocycles. The van der Waals surface area contributed by atoms with Gasteiger partial charge in [0.1, 0.15) is 16.8 Å². The van der Waals surface area contributed by atoms with Crippen LogP contribution in [-0.4, -0.2) is 53.9 Å². The number of hydrogen-bond acceptors (Lipinski definition) is 5. The second-order valence-electron chi connectivity index (χ2n) is 7.01. The Balaban J connectivity index is 1.47. The van der Waals surface area contributed by atoms with Crippen molar-refractivity contribution in [3.05, 3.63) is 34.6 Å². The Morgan fingerprint density at radius 3 is 2.96 bits per heavy atom. The molecule has 0 N–H and O–H groups in total. The van der Waals surface area contributed by atoms with Crippen molar-refractivity contribution < 1.29 is 17.5 Å². The summed E-state index contributed by atoms with van der Waals surface area (Å²) >= 11 is 4.95. The van der Waals surface area contributed by atoms with E-state index in [1.54, 1.807) is 18.3 Å². The molecule has 1 fully saturated rings. The van der Waals surface area contributed by atoms with Crippen LogP contribution in [0.2, 0.25) is 0 Å². The maximum Gasteiger partial charge on any atom is 0.246 e. The minimum Gasteiger partial charge on any atom is -0.491 e. The zero-order valence-electron chi connectivity index (χ0n) is 15.3. The van der Waals surface area contributed by atoms with Crippen molar-refractivity contribution in [2.45, 2.75) is 29.1 Å². The van der Waals surface area contributed by atoms with Gasteiger partial charge in [0.05, 0.1) is 6.61 Å². The Hall–Kier alpha value is -1.10. The summed E-state index contributed by atoms with van der Waals surface area (Å²) in [6.45, 7) is 0.636. The first-order valence-electron chi connectivity index (χ1n) is 9.06. The summed E-state index contributed by atoms with van der Waals surface area (Å²) in [5.41, 5.74) is 0.860. The Kier molecular flexibility index (Phi) is 5.74. The van der Waals surface area contributed by atoms with Crippen LogP contribution < -0.4 is 4.74 Å². The first kappa shape index (κ1) is 20.2. The summed E-state index contributed by atoms with van der Waals surface area (Å²) in [5.74, 6) is 0.786. The van der Waals surface area contributed by atoms with Crippen molar-refractivity contribution in [3.63, 3.8) is 0 Å². The second-order valence-corrected chi connectivity index (χ2v) is 10.8. The van der Waals surface area contributed by atoms with Gasteiger partial charge in [0, 0.05) is 60.7 Å². The highest BCUT2D eigenvalue weighted by Crippen LogP contribution is 2.40. The Labute approximate surface area is 176 Å². The van der Waals surface area contributed by atoms with E-state index >= 15 is 0 Å². The second kappa shape index (κ2) is 7.97. The van der Waals surface area contributed by atoms with E-state index in [9.17, 15) is 12.8 Å². The number of piperidine rings is 1. The number of ether oxygens (including phenoxy) is 1. The lowest BCUT2D eigenvalue weighted by atomic mass is 9.98. The van der Waals surface area contributed by atoms with Gasteiger partial charge in [-0.3, -0.25) is 0 Å². The Bertz CT molecular complexity index is 982. The minimum atomic E-state index is -3.80. The summed E-state index contributed by atoms with van der Waals surface area (Å²) in [6.07, 6.45) is 3.50. The van der Waals surface area contributed by atoms with E-state index in [1.165, 1.54) is 16.1 Å². The molecule has 1 aromatic carbocycles. The average molecular weight is 490 g/mol. The Morgan fingerprint density at radius 2 is 2.25 bits per heavy atom. The predicted octanol–water partition coefficient (Wildman–Crippen LogP) is 3.26. The van der Waals surface area contributed by atoms with Gasteiger partial charge in [0.15, 0.2) is 5.16 Å². The van der Waals surface area contributed by atoms with Crippen LogP contribution in [0.25, 0.3) is 0 Å². The van der Waals surface area contributed by atoms with Crippen LogP contribution in [0.3, 0.4) is 0 Å². The molecule has 10 heteroatoms. The van der Waals surface area contributed by atoms with Crippen LogP contribution in [0.4, 0.5) is 4.39 Å². The molecule has 0 amide bonds. The van der Waals surface area contributed by atoms with Crippen LogP contribution >= 0.6 is 27.7 Å². The van der Waals surface area contributed by atoms with Crippen LogP contribution in [0, 0.1) is 5.92 Å². The van der Waals surface area contributed by atoms with Gasteiger partial charge in [-0.05, 0) is 18.6 Å². The lowest BCUT2D eigenvalue weighted by Crippen LogP contribution is -2.45. The molecule has 28 heavy (non-hydrogen) atoms. The first-order chi connectivity index (χ1) is 13.4. The van der Waals surface area contributed by atoms with Crippen molar-refractivity contribution in [1.29, 1.82) is 0 Å². The van der Waals surface area contributed by atoms with E-state index in [1.807, 2.05) is 17.8 Å². The molecule has 2 atom stereocenters. The van der Waals surface area contributed by atoms with Crippen molar-refractivity contribution in [1.82, 2.24) is 13.9 Å². The molecular formula is C18H21BrFN3O3S2. The molecule has 152 valence electrons. The van der Waals surface area contributed by atoms with E-state index in [0.29, 0.717) is 37.5 Å². The maximum atomic E-state index is 14.8. The maximum absolute atomic E-state index is 14.8. The normalized spacial score (nSPS) is 22.8. The molecule has 0 radical (unpaired) electrons. The molecule has 0 saturated carbocycles. The number of rotatable bonds is 5. The fraction of sp³-hybridized carbons (Fsp3) is 0.500. The van der Waals surface area contributed by atoms with Gasteiger partial charge in [-0.1, -0.05) is 27.7 Å². The number of aromatic nitrogens is 2. The summed E-state index contributed by atoms with van der Waals surface area (Å²) in [6, 6.07) is 3.27. The molecule has 0 spiro atoms. The van der Waals surface area contributed by atoms with Crippen LogP contribution in [-0.2, 0) is 23.5 Å². The number of fused-ring (bicyclic) bond motifs is 1.